The first-order chi connectivity index (χ1) is 4.00. The Kier molecular flexibility index (Phi) is 6.61. The van der Waals surface area contributed by atoms with E-state index in [1.54, 1.807) is 0 Å². The van der Waals surface area contributed by atoms with Gasteiger partial charge in [-0.15, -0.1) is 0 Å². The van der Waals surface area contributed by atoms with E-state index in [-0.39, 0.29) is 0 Å². The second-order valence-electron chi connectivity index (χ2n) is 1.15. The van der Waals surface area contributed by atoms with Crippen LogP contribution in [-0.2, 0) is 0 Å². The highest BCUT2D eigenvalue weighted by Gasteiger charge is 1.57. The first-order valence-electron chi connectivity index (χ1n) is 2.45. The maximum atomic E-state index is 3.67. The molecule has 0 nitrogen and oxygen atoms in total. The average molecular weight is 142 g/mol. The van der Waals surface area contributed by atoms with Crippen LogP contribution in [0.2, 0.25) is 0 Å². The third-order valence-corrected chi connectivity index (χ3v) is 0.667. The van der Waals surface area contributed by atoms with E-state index in [1.807, 2.05) is 36.4 Å². The quantitative estimate of drug-likeness (QED) is 0.403. The lowest BCUT2D eigenvalue weighted by Gasteiger charge is -1.69. The summed E-state index contributed by atoms with van der Waals surface area (Å²) in [5.41, 5.74) is 0. The summed E-state index contributed by atoms with van der Waals surface area (Å²) in [6.45, 7) is 0. The zero-order valence-corrected chi connectivity index (χ0v) is 7.81. The number of rotatable bonds is 0. The molecule has 0 amide bonds. The molecule has 0 bridgehead atoms. The Morgan fingerprint density at radius 3 is 0.875 bits per heavy atom. The Balaban J connectivity index is 0.000000222. The molecule has 0 saturated heterocycles. The van der Waals surface area contributed by atoms with Crippen LogP contribution in [0.25, 0.3) is 0 Å². The van der Waals surface area contributed by atoms with Crippen molar-refractivity contribution >= 4 is 21.5 Å². The van der Waals surface area contributed by atoms with Gasteiger partial charge in [-0.3, -0.25) is 0 Å². The Morgan fingerprint density at radius 2 is 0.750 bits per heavy atom. The summed E-state index contributed by atoms with van der Waals surface area (Å²) in [4.78, 5) is 0. The van der Waals surface area contributed by atoms with Gasteiger partial charge in [-0.25, -0.2) is 12.1 Å². The minimum atomic E-state index is 1.00. The van der Waals surface area contributed by atoms with Gasteiger partial charge in [-0.05, 0) is 0 Å². The molecule has 1 aromatic rings. The number of hydrogen-bond acceptors (Lipinski definition) is 1. The zero-order chi connectivity index (χ0) is 6.24. The molecule has 8 heavy (non-hydrogen) atoms. The van der Waals surface area contributed by atoms with Crippen LogP contribution in [0, 0.1) is 0 Å². The summed E-state index contributed by atoms with van der Waals surface area (Å²) in [6.07, 6.45) is 0. The van der Waals surface area contributed by atoms with Crippen LogP contribution in [0.3, 0.4) is 0 Å². The van der Waals surface area contributed by atoms with Crippen LogP contribution < -0.4 is 0 Å². The minimum absolute atomic E-state index is 1.00. The fourth-order valence-electron chi connectivity index (χ4n) is 0.385. The van der Waals surface area contributed by atoms with E-state index in [2.05, 4.69) is 12.1 Å². The second-order valence-corrected chi connectivity index (χ2v) is 1.15. The predicted octanol–water partition coefficient (Wildman–Crippen LogP) is 0.883. The summed E-state index contributed by atoms with van der Waals surface area (Å²) in [6, 6.07) is 12.0. The third-order valence-electron chi connectivity index (χ3n) is 0.667. The first-order valence-corrected chi connectivity index (χ1v) is 6.02. The SMILES string of the molecule is [SiH3]S.c1ccccc1. The Morgan fingerprint density at radius 1 is 0.625 bits per heavy atom. The van der Waals surface area contributed by atoms with E-state index in [1.165, 1.54) is 0 Å². The van der Waals surface area contributed by atoms with Gasteiger partial charge in [0.2, 0.25) is 0 Å². The highest BCUT2D eigenvalue weighted by Crippen LogP contribution is 1.79. The molecular formula is C6H10SSi. The van der Waals surface area contributed by atoms with Crippen LogP contribution >= 0.6 is 12.1 Å². The van der Waals surface area contributed by atoms with Crippen molar-refractivity contribution < 1.29 is 0 Å². The van der Waals surface area contributed by atoms with Gasteiger partial charge in [0.1, 0.15) is 0 Å². The highest BCUT2D eigenvalue weighted by molar-refractivity contribution is 8.03. The molecule has 0 aliphatic heterocycles. The smallest absolute Gasteiger partial charge is 0.0652 e. The molecule has 0 aliphatic carbocycles. The lowest BCUT2D eigenvalue weighted by Crippen LogP contribution is -1.47. The molecule has 0 aromatic heterocycles. The van der Waals surface area contributed by atoms with Gasteiger partial charge in [0, 0.05) is 0 Å². The maximum Gasteiger partial charge on any atom is 0.0652 e. The molecule has 0 heterocycles. The van der Waals surface area contributed by atoms with Gasteiger partial charge < -0.3 is 0 Å². The topological polar surface area (TPSA) is 0 Å². The second kappa shape index (κ2) is 6.79. The summed E-state index contributed by atoms with van der Waals surface area (Å²) < 4.78 is 0. The summed E-state index contributed by atoms with van der Waals surface area (Å²) in [5.74, 6) is 0. The van der Waals surface area contributed by atoms with E-state index < -0.39 is 0 Å². The molecule has 2 heteroatoms. The van der Waals surface area contributed by atoms with E-state index in [0.29, 0.717) is 0 Å². The Bertz CT molecular complexity index is 80.5. The van der Waals surface area contributed by atoms with Crippen molar-refractivity contribution in [3.8, 4) is 0 Å². The van der Waals surface area contributed by atoms with Crippen LogP contribution in [0.4, 0.5) is 0 Å². The zero-order valence-electron chi connectivity index (χ0n) is 4.91. The summed E-state index contributed by atoms with van der Waals surface area (Å²) in [5, 5.41) is 0. The Hall–Kier alpha value is -0.213. The number of hydrogen-bond donors (Lipinski definition) is 1. The predicted molar refractivity (Wildman–Crippen MR) is 45.4 cm³/mol. The molecule has 1 rings (SSSR count). The monoisotopic (exact) mass is 142 g/mol. The van der Waals surface area contributed by atoms with Gasteiger partial charge >= 0.3 is 0 Å². The van der Waals surface area contributed by atoms with Crippen molar-refractivity contribution in [1.29, 1.82) is 0 Å². The van der Waals surface area contributed by atoms with Crippen LogP contribution in [-0.4, -0.2) is 9.39 Å². The van der Waals surface area contributed by atoms with Crippen molar-refractivity contribution in [2.24, 2.45) is 0 Å². The van der Waals surface area contributed by atoms with Crippen molar-refractivity contribution in [2.45, 2.75) is 0 Å². The van der Waals surface area contributed by atoms with Crippen LogP contribution in [0.5, 0.6) is 0 Å². The van der Waals surface area contributed by atoms with Gasteiger partial charge in [0.25, 0.3) is 0 Å². The highest BCUT2D eigenvalue weighted by atomic mass is 32.3. The molecular weight excluding hydrogens is 132 g/mol. The molecule has 0 unspecified atom stereocenters. The standard InChI is InChI=1S/C6H6.H4SSi/c1-2-4-6-5-3-1;1-2/h1-6H;1H,2H3. The molecule has 0 atom stereocenters. The molecule has 44 valence electrons. The van der Waals surface area contributed by atoms with Crippen molar-refractivity contribution in [3.63, 3.8) is 0 Å². The van der Waals surface area contributed by atoms with E-state index in [0.717, 1.165) is 9.39 Å². The molecule has 0 radical (unpaired) electrons. The van der Waals surface area contributed by atoms with Crippen molar-refractivity contribution in [3.05, 3.63) is 36.4 Å². The van der Waals surface area contributed by atoms with Crippen LogP contribution in [0.1, 0.15) is 0 Å². The molecule has 0 fully saturated rings. The first kappa shape index (κ1) is 7.79. The van der Waals surface area contributed by atoms with Crippen molar-refractivity contribution in [2.75, 3.05) is 0 Å². The van der Waals surface area contributed by atoms with Gasteiger partial charge in [0.15, 0.2) is 0 Å². The van der Waals surface area contributed by atoms with Gasteiger partial charge in [0.05, 0.1) is 9.39 Å². The number of benzene rings is 1. The largest absolute Gasteiger partial charge is 0.214 e. The summed E-state index contributed by atoms with van der Waals surface area (Å²) >= 11 is 3.67. The van der Waals surface area contributed by atoms with Crippen molar-refractivity contribution in [1.82, 2.24) is 0 Å². The molecule has 1 aromatic carbocycles. The van der Waals surface area contributed by atoms with Crippen LogP contribution in [0.15, 0.2) is 36.4 Å². The fraction of sp³-hybridized carbons (Fsp3) is 0. The lowest BCUT2D eigenvalue weighted by molar-refractivity contribution is 1.72. The third kappa shape index (κ3) is 3.96. The minimum Gasteiger partial charge on any atom is -0.214 e. The summed E-state index contributed by atoms with van der Waals surface area (Å²) in [7, 11) is 1.00. The van der Waals surface area contributed by atoms with E-state index >= 15 is 0 Å². The van der Waals surface area contributed by atoms with E-state index in [9.17, 15) is 0 Å². The maximum absolute atomic E-state index is 3.67. The normalized spacial score (nSPS) is 7.12. The number of thiol groups is 1. The lowest BCUT2D eigenvalue weighted by atomic mass is 10.4. The Labute approximate surface area is 58.4 Å². The molecule has 0 aliphatic rings. The molecule has 0 N–H and O–H groups in total. The van der Waals surface area contributed by atoms with E-state index in [4.69, 9.17) is 0 Å². The van der Waals surface area contributed by atoms with Gasteiger partial charge in [-0.1, -0.05) is 36.4 Å². The average Bonchev–Trinajstić information content (AvgIpc) is 1.96. The molecule has 0 spiro atoms. The van der Waals surface area contributed by atoms with Gasteiger partial charge in [-0.2, -0.15) is 0 Å². The fourth-order valence-corrected chi connectivity index (χ4v) is 0.385. The molecule has 0 saturated carbocycles.